The monoisotopic (exact) mass is 379 g/mol. The second-order valence-corrected chi connectivity index (χ2v) is 7.04. The highest BCUT2D eigenvalue weighted by Crippen LogP contribution is 2.24. The first kappa shape index (κ1) is 19.6. The smallest absolute Gasteiger partial charge is 0.343 e. The molecule has 0 saturated carbocycles. The van der Waals surface area contributed by atoms with E-state index in [4.69, 9.17) is 9.47 Å². The van der Waals surface area contributed by atoms with Crippen molar-refractivity contribution in [3.05, 3.63) is 48.0 Å². The van der Waals surface area contributed by atoms with Crippen molar-refractivity contribution in [2.75, 3.05) is 25.0 Å². The number of benzene rings is 2. The summed E-state index contributed by atoms with van der Waals surface area (Å²) in [5.41, 5.74) is 1.01. The molecule has 26 heavy (non-hydrogen) atoms. The number of carbonyl (C=O) groups excluding carboxylic acids is 1. The molecular formula is C18H21NO6S. The summed E-state index contributed by atoms with van der Waals surface area (Å²) in [4.78, 5) is 11.2. The zero-order chi connectivity index (χ0) is 19.2. The van der Waals surface area contributed by atoms with Gasteiger partial charge in [0.2, 0.25) is 0 Å². The molecule has 0 spiro atoms. The molecule has 0 aliphatic rings. The van der Waals surface area contributed by atoms with Gasteiger partial charge in [-0.15, -0.1) is 0 Å². The molecular weight excluding hydrogens is 358 g/mol. The fourth-order valence-corrected chi connectivity index (χ4v) is 3.29. The molecule has 0 aromatic heterocycles. The van der Waals surface area contributed by atoms with Crippen molar-refractivity contribution in [1.29, 1.82) is 0 Å². The number of nitrogens with one attached hydrogen (secondary N) is 1. The number of hydrogen-bond acceptors (Lipinski definition) is 6. The van der Waals surface area contributed by atoms with Crippen LogP contribution >= 0.6 is 0 Å². The molecule has 0 saturated heterocycles. The van der Waals surface area contributed by atoms with Crippen LogP contribution in [0.1, 0.15) is 12.5 Å². The number of aryl methyl sites for hydroxylation is 1. The van der Waals surface area contributed by atoms with Crippen molar-refractivity contribution in [1.82, 2.24) is 0 Å². The van der Waals surface area contributed by atoms with E-state index in [1.807, 2.05) is 6.92 Å². The average molecular weight is 379 g/mol. The Hall–Kier alpha value is -2.74. The molecule has 2 aromatic carbocycles. The van der Waals surface area contributed by atoms with Gasteiger partial charge in [0.25, 0.3) is 10.0 Å². The van der Waals surface area contributed by atoms with Gasteiger partial charge in [0.15, 0.2) is 6.61 Å². The van der Waals surface area contributed by atoms with Crippen molar-refractivity contribution in [3.63, 3.8) is 0 Å². The molecule has 0 amide bonds. The van der Waals surface area contributed by atoms with Gasteiger partial charge in [-0.25, -0.2) is 13.2 Å². The molecule has 1 N–H and O–H groups in total. The molecule has 0 atom stereocenters. The number of carbonyl (C=O) groups is 1. The highest BCUT2D eigenvalue weighted by atomic mass is 32.2. The second-order valence-electron chi connectivity index (χ2n) is 5.36. The molecule has 0 fully saturated rings. The van der Waals surface area contributed by atoms with E-state index in [2.05, 4.69) is 9.46 Å². The van der Waals surface area contributed by atoms with Crippen LogP contribution in [0.4, 0.5) is 5.69 Å². The number of methoxy groups -OCH3 is 1. The van der Waals surface area contributed by atoms with Crippen molar-refractivity contribution >= 4 is 21.7 Å². The van der Waals surface area contributed by atoms with Gasteiger partial charge in [0.1, 0.15) is 11.5 Å². The van der Waals surface area contributed by atoms with Crippen LogP contribution in [0.25, 0.3) is 0 Å². The average Bonchev–Trinajstić information content (AvgIpc) is 2.62. The maximum Gasteiger partial charge on any atom is 0.343 e. The van der Waals surface area contributed by atoms with Crippen molar-refractivity contribution in [2.45, 2.75) is 18.7 Å². The van der Waals surface area contributed by atoms with Gasteiger partial charge in [-0.2, -0.15) is 0 Å². The Morgan fingerprint density at radius 1 is 1.08 bits per heavy atom. The van der Waals surface area contributed by atoms with Gasteiger partial charge in [0, 0.05) is 5.69 Å². The van der Waals surface area contributed by atoms with Gasteiger partial charge < -0.3 is 14.2 Å². The van der Waals surface area contributed by atoms with E-state index in [1.54, 1.807) is 31.2 Å². The van der Waals surface area contributed by atoms with Crippen LogP contribution in [-0.4, -0.2) is 34.7 Å². The Morgan fingerprint density at radius 2 is 1.77 bits per heavy atom. The van der Waals surface area contributed by atoms with Crippen LogP contribution in [0, 0.1) is 6.92 Å². The molecule has 0 unspecified atom stereocenters. The first-order valence-corrected chi connectivity index (χ1v) is 9.40. The Kier molecular flexibility index (Phi) is 6.46. The van der Waals surface area contributed by atoms with E-state index in [0.717, 1.165) is 0 Å². The van der Waals surface area contributed by atoms with Gasteiger partial charge in [0.05, 0.1) is 18.6 Å². The lowest BCUT2D eigenvalue weighted by molar-refractivity contribution is -0.142. The summed E-state index contributed by atoms with van der Waals surface area (Å²) < 4.78 is 42.7. The molecule has 7 nitrogen and oxygen atoms in total. The molecule has 140 valence electrons. The van der Waals surface area contributed by atoms with Gasteiger partial charge in [-0.1, -0.05) is 0 Å². The van der Waals surface area contributed by atoms with Gasteiger partial charge in [-0.3, -0.25) is 4.72 Å². The first-order valence-electron chi connectivity index (χ1n) is 7.91. The summed E-state index contributed by atoms with van der Waals surface area (Å²) in [7, 11) is -2.49. The topological polar surface area (TPSA) is 90.9 Å². The fraction of sp³-hybridized carbons (Fsp3) is 0.278. The Labute approximate surface area is 152 Å². The lowest BCUT2D eigenvalue weighted by Crippen LogP contribution is -2.15. The molecule has 0 bridgehead atoms. The van der Waals surface area contributed by atoms with E-state index in [1.165, 1.54) is 25.3 Å². The highest BCUT2D eigenvalue weighted by molar-refractivity contribution is 7.92. The van der Waals surface area contributed by atoms with E-state index >= 15 is 0 Å². The van der Waals surface area contributed by atoms with Gasteiger partial charge in [-0.05, 0) is 61.9 Å². The van der Waals surface area contributed by atoms with Crippen LogP contribution in [0.5, 0.6) is 11.5 Å². The summed E-state index contributed by atoms with van der Waals surface area (Å²) >= 11 is 0. The molecule has 8 heteroatoms. The SMILES string of the molecule is CCOc1ccc(NS(=O)(=O)c2ccc(OCC(=O)OC)c(C)c2)cc1. The Morgan fingerprint density at radius 3 is 2.35 bits per heavy atom. The Bertz CT molecular complexity index is 862. The van der Waals surface area contributed by atoms with E-state index < -0.39 is 16.0 Å². The summed E-state index contributed by atoms with van der Waals surface area (Å²) in [6.07, 6.45) is 0. The predicted octanol–water partition coefficient (Wildman–Crippen LogP) is 2.75. The van der Waals surface area contributed by atoms with Crippen molar-refractivity contribution < 1.29 is 27.4 Å². The van der Waals surface area contributed by atoms with Gasteiger partial charge >= 0.3 is 5.97 Å². The zero-order valence-electron chi connectivity index (χ0n) is 14.8. The summed E-state index contributed by atoms with van der Waals surface area (Å²) in [6, 6.07) is 11.0. The normalized spacial score (nSPS) is 10.9. The number of sulfonamides is 1. The fourth-order valence-electron chi connectivity index (χ4n) is 2.15. The maximum atomic E-state index is 12.5. The number of ether oxygens (including phenoxy) is 3. The number of hydrogen-bond donors (Lipinski definition) is 1. The van der Waals surface area contributed by atoms with Crippen molar-refractivity contribution in [3.8, 4) is 11.5 Å². The molecule has 0 aliphatic heterocycles. The van der Waals surface area contributed by atoms with Crippen LogP contribution in [-0.2, 0) is 19.6 Å². The van der Waals surface area contributed by atoms with Crippen LogP contribution in [0.3, 0.4) is 0 Å². The molecule has 0 aliphatic carbocycles. The largest absolute Gasteiger partial charge is 0.494 e. The summed E-state index contributed by atoms with van der Waals surface area (Å²) in [5.74, 6) is 0.562. The van der Waals surface area contributed by atoms with Crippen molar-refractivity contribution in [2.24, 2.45) is 0 Å². The summed E-state index contributed by atoms with van der Waals surface area (Å²) in [6.45, 7) is 3.86. The van der Waals surface area contributed by atoms with E-state index in [9.17, 15) is 13.2 Å². The van der Waals surface area contributed by atoms with Crippen LogP contribution in [0.15, 0.2) is 47.4 Å². The molecule has 0 heterocycles. The zero-order valence-corrected chi connectivity index (χ0v) is 15.6. The number of anilines is 1. The maximum absolute atomic E-state index is 12.5. The highest BCUT2D eigenvalue weighted by Gasteiger charge is 2.16. The predicted molar refractivity (Wildman–Crippen MR) is 97.1 cm³/mol. The first-order chi connectivity index (χ1) is 12.4. The lowest BCUT2D eigenvalue weighted by atomic mass is 10.2. The molecule has 2 rings (SSSR count). The minimum Gasteiger partial charge on any atom is -0.494 e. The summed E-state index contributed by atoms with van der Waals surface area (Å²) in [5, 5.41) is 0. The number of esters is 1. The van der Waals surface area contributed by atoms with Crippen LogP contribution in [0.2, 0.25) is 0 Å². The Balaban J connectivity index is 2.13. The third kappa shape index (κ3) is 5.13. The van der Waals surface area contributed by atoms with E-state index in [0.29, 0.717) is 29.4 Å². The molecule has 2 aromatic rings. The standard InChI is InChI=1S/C18H21NO6S/c1-4-24-15-7-5-14(6-8-15)19-26(21,22)16-9-10-17(13(2)11-16)25-12-18(20)23-3/h5-11,19H,4,12H2,1-3H3. The number of rotatable bonds is 8. The third-order valence-corrected chi connectivity index (χ3v) is 4.83. The quantitative estimate of drug-likeness (QED) is 0.709. The second kappa shape index (κ2) is 8.57. The van der Waals surface area contributed by atoms with E-state index in [-0.39, 0.29) is 11.5 Å². The third-order valence-electron chi connectivity index (χ3n) is 3.45. The minimum absolute atomic E-state index is 0.0919. The van der Waals surface area contributed by atoms with Crippen LogP contribution < -0.4 is 14.2 Å². The molecule has 0 radical (unpaired) electrons. The lowest BCUT2D eigenvalue weighted by Gasteiger charge is -2.12. The minimum atomic E-state index is -3.75.